The first kappa shape index (κ1) is 7.09. The van der Waals surface area contributed by atoms with Crippen LogP contribution in [0.1, 0.15) is 5.69 Å². The van der Waals surface area contributed by atoms with Gasteiger partial charge in [-0.05, 0) is 6.92 Å². The Labute approximate surface area is 70.2 Å². The molecule has 0 saturated carbocycles. The third-order valence-electron chi connectivity index (χ3n) is 1.85. The molecule has 0 spiro atoms. The van der Waals surface area contributed by atoms with E-state index in [-0.39, 0.29) is 0 Å². The molecule has 0 aliphatic rings. The number of nitrogens with zero attached hydrogens (tertiary/aromatic N) is 3. The van der Waals surface area contributed by atoms with Gasteiger partial charge in [-0.2, -0.15) is 10.2 Å². The molecule has 2 aromatic heterocycles. The zero-order valence-electron chi connectivity index (χ0n) is 7.07. The SMILES string of the molecule is Cc1[nH]ncc1-c1cnn(C)c1. The fraction of sp³-hybridized carbons (Fsp3) is 0.250. The summed E-state index contributed by atoms with van der Waals surface area (Å²) in [4.78, 5) is 0. The predicted molar refractivity (Wildman–Crippen MR) is 45.5 cm³/mol. The van der Waals surface area contributed by atoms with Crippen molar-refractivity contribution in [3.63, 3.8) is 0 Å². The highest BCUT2D eigenvalue weighted by molar-refractivity contribution is 5.62. The number of aromatic amines is 1. The number of H-pyrrole nitrogens is 1. The van der Waals surface area contributed by atoms with Crippen molar-refractivity contribution in [1.82, 2.24) is 20.0 Å². The van der Waals surface area contributed by atoms with E-state index >= 15 is 0 Å². The lowest BCUT2D eigenvalue weighted by atomic mass is 10.1. The fourth-order valence-electron chi connectivity index (χ4n) is 1.20. The van der Waals surface area contributed by atoms with E-state index in [9.17, 15) is 0 Å². The topological polar surface area (TPSA) is 46.5 Å². The number of hydrogen-bond acceptors (Lipinski definition) is 2. The lowest BCUT2D eigenvalue weighted by Crippen LogP contribution is -1.84. The highest BCUT2D eigenvalue weighted by Crippen LogP contribution is 2.19. The van der Waals surface area contributed by atoms with E-state index in [2.05, 4.69) is 15.3 Å². The summed E-state index contributed by atoms with van der Waals surface area (Å²) in [7, 11) is 1.90. The summed E-state index contributed by atoms with van der Waals surface area (Å²) in [5.74, 6) is 0. The van der Waals surface area contributed by atoms with Gasteiger partial charge >= 0.3 is 0 Å². The summed E-state index contributed by atoms with van der Waals surface area (Å²) in [5, 5.41) is 10.9. The molecule has 4 nitrogen and oxygen atoms in total. The molecule has 62 valence electrons. The zero-order chi connectivity index (χ0) is 8.55. The van der Waals surface area contributed by atoms with Gasteiger partial charge in [-0.15, -0.1) is 0 Å². The lowest BCUT2D eigenvalue weighted by Gasteiger charge is -1.90. The van der Waals surface area contributed by atoms with Gasteiger partial charge < -0.3 is 0 Å². The van der Waals surface area contributed by atoms with Crippen molar-refractivity contribution in [2.75, 3.05) is 0 Å². The molecule has 0 fully saturated rings. The minimum atomic E-state index is 1.07. The molecule has 2 rings (SSSR count). The number of hydrogen-bond donors (Lipinski definition) is 1. The first-order valence-electron chi connectivity index (χ1n) is 3.76. The van der Waals surface area contributed by atoms with Crippen LogP contribution in [0.5, 0.6) is 0 Å². The van der Waals surface area contributed by atoms with Crippen LogP contribution in [-0.2, 0) is 7.05 Å². The Morgan fingerprint density at radius 2 is 2.25 bits per heavy atom. The van der Waals surface area contributed by atoms with Gasteiger partial charge in [-0.25, -0.2) is 0 Å². The van der Waals surface area contributed by atoms with E-state index in [1.54, 1.807) is 4.68 Å². The third-order valence-corrected chi connectivity index (χ3v) is 1.85. The van der Waals surface area contributed by atoms with Gasteiger partial charge in [0.2, 0.25) is 0 Å². The molecule has 2 aromatic rings. The molecule has 0 amide bonds. The molecule has 12 heavy (non-hydrogen) atoms. The number of rotatable bonds is 1. The molecule has 0 unspecified atom stereocenters. The minimum absolute atomic E-state index is 1.07. The van der Waals surface area contributed by atoms with Crippen LogP contribution in [0, 0.1) is 6.92 Å². The number of nitrogens with one attached hydrogen (secondary N) is 1. The van der Waals surface area contributed by atoms with Crippen LogP contribution in [0.25, 0.3) is 11.1 Å². The second-order valence-corrected chi connectivity index (χ2v) is 2.81. The van der Waals surface area contributed by atoms with Crippen LogP contribution in [-0.4, -0.2) is 20.0 Å². The predicted octanol–water partition coefficient (Wildman–Crippen LogP) is 1.12. The van der Waals surface area contributed by atoms with E-state index in [1.165, 1.54) is 0 Å². The van der Waals surface area contributed by atoms with Gasteiger partial charge in [0.1, 0.15) is 0 Å². The Hall–Kier alpha value is -1.58. The molecule has 4 heteroatoms. The van der Waals surface area contributed by atoms with Crippen molar-refractivity contribution in [2.45, 2.75) is 6.92 Å². The Balaban J connectivity index is 2.50. The standard InChI is InChI=1S/C8H10N4/c1-6-8(4-9-11-6)7-3-10-12(2)5-7/h3-5H,1-2H3,(H,9,11). The zero-order valence-corrected chi connectivity index (χ0v) is 7.07. The highest BCUT2D eigenvalue weighted by Gasteiger charge is 2.04. The van der Waals surface area contributed by atoms with Gasteiger partial charge in [0.05, 0.1) is 12.4 Å². The number of aryl methyl sites for hydroxylation is 2. The van der Waals surface area contributed by atoms with Crippen LogP contribution < -0.4 is 0 Å². The average molecular weight is 162 g/mol. The van der Waals surface area contributed by atoms with Crippen LogP contribution in [0.15, 0.2) is 18.6 Å². The van der Waals surface area contributed by atoms with Gasteiger partial charge in [0.25, 0.3) is 0 Å². The summed E-state index contributed by atoms with van der Waals surface area (Å²) in [6.07, 6.45) is 5.61. The molecule has 0 atom stereocenters. The van der Waals surface area contributed by atoms with Crippen LogP contribution in [0.3, 0.4) is 0 Å². The van der Waals surface area contributed by atoms with E-state index in [0.29, 0.717) is 0 Å². The van der Waals surface area contributed by atoms with Gasteiger partial charge in [0.15, 0.2) is 0 Å². The highest BCUT2D eigenvalue weighted by atomic mass is 15.2. The largest absolute Gasteiger partial charge is 0.282 e. The first-order valence-corrected chi connectivity index (χ1v) is 3.76. The molecular formula is C8H10N4. The maximum absolute atomic E-state index is 4.09. The quantitative estimate of drug-likeness (QED) is 0.683. The molecule has 0 aliphatic carbocycles. The molecule has 0 radical (unpaired) electrons. The molecule has 0 bridgehead atoms. The van der Waals surface area contributed by atoms with Crippen molar-refractivity contribution >= 4 is 0 Å². The normalized spacial score (nSPS) is 10.5. The Morgan fingerprint density at radius 1 is 1.42 bits per heavy atom. The van der Waals surface area contributed by atoms with Crippen molar-refractivity contribution in [3.05, 3.63) is 24.3 Å². The van der Waals surface area contributed by atoms with Crippen molar-refractivity contribution in [2.24, 2.45) is 7.05 Å². The molecule has 2 heterocycles. The van der Waals surface area contributed by atoms with Crippen LogP contribution >= 0.6 is 0 Å². The van der Waals surface area contributed by atoms with Crippen molar-refractivity contribution in [1.29, 1.82) is 0 Å². The summed E-state index contributed by atoms with van der Waals surface area (Å²) in [5.41, 5.74) is 3.29. The van der Waals surface area contributed by atoms with Crippen LogP contribution in [0.4, 0.5) is 0 Å². The lowest BCUT2D eigenvalue weighted by molar-refractivity contribution is 0.768. The van der Waals surface area contributed by atoms with Gasteiger partial charge in [0, 0.05) is 30.1 Å². The molecular weight excluding hydrogens is 152 g/mol. The monoisotopic (exact) mass is 162 g/mol. The fourth-order valence-corrected chi connectivity index (χ4v) is 1.20. The Kier molecular flexibility index (Phi) is 1.46. The summed E-state index contributed by atoms with van der Waals surface area (Å²) < 4.78 is 1.78. The average Bonchev–Trinajstić information content (AvgIpc) is 2.58. The minimum Gasteiger partial charge on any atom is -0.282 e. The summed E-state index contributed by atoms with van der Waals surface area (Å²) in [6, 6.07) is 0. The summed E-state index contributed by atoms with van der Waals surface area (Å²) >= 11 is 0. The molecule has 0 aromatic carbocycles. The smallest absolute Gasteiger partial charge is 0.0569 e. The Bertz CT molecular complexity index is 385. The summed E-state index contributed by atoms with van der Waals surface area (Å²) in [6.45, 7) is 2.00. The van der Waals surface area contributed by atoms with Crippen molar-refractivity contribution < 1.29 is 0 Å². The maximum atomic E-state index is 4.09. The molecule has 0 aliphatic heterocycles. The van der Waals surface area contributed by atoms with Crippen LogP contribution in [0.2, 0.25) is 0 Å². The van der Waals surface area contributed by atoms with E-state index < -0.39 is 0 Å². The van der Waals surface area contributed by atoms with Crippen molar-refractivity contribution in [3.8, 4) is 11.1 Å². The number of aromatic nitrogens is 4. The second kappa shape index (κ2) is 2.48. The van der Waals surface area contributed by atoms with E-state index in [4.69, 9.17) is 0 Å². The first-order chi connectivity index (χ1) is 5.77. The van der Waals surface area contributed by atoms with Gasteiger partial charge in [-0.3, -0.25) is 9.78 Å². The van der Waals surface area contributed by atoms with Gasteiger partial charge in [-0.1, -0.05) is 0 Å². The second-order valence-electron chi connectivity index (χ2n) is 2.81. The maximum Gasteiger partial charge on any atom is 0.0569 e. The van der Waals surface area contributed by atoms with E-state index in [1.807, 2.05) is 32.6 Å². The molecule has 1 N–H and O–H groups in total. The van der Waals surface area contributed by atoms with E-state index in [0.717, 1.165) is 16.8 Å². The third kappa shape index (κ3) is 1.01. The molecule has 0 saturated heterocycles. The Morgan fingerprint density at radius 3 is 2.75 bits per heavy atom.